The van der Waals surface area contributed by atoms with Gasteiger partial charge in [0.2, 0.25) is 0 Å². The number of benzene rings is 1. The highest BCUT2D eigenvalue weighted by molar-refractivity contribution is 5.82. The van der Waals surface area contributed by atoms with E-state index in [1.807, 2.05) is 51.1 Å². The molecule has 1 heterocycles. The molecule has 18 heavy (non-hydrogen) atoms. The minimum Gasteiger partial charge on any atom is -0.386 e. The first kappa shape index (κ1) is 13.0. The number of ether oxygens (including phenoxy) is 1. The first-order chi connectivity index (χ1) is 8.47. The maximum Gasteiger partial charge on any atom is 0.103 e. The Balaban J connectivity index is 2.25. The lowest BCUT2D eigenvalue weighted by atomic mass is 10.0. The van der Waals surface area contributed by atoms with Crippen LogP contribution in [0.1, 0.15) is 32.4 Å². The smallest absolute Gasteiger partial charge is 0.103 e. The van der Waals surface area contributed by atoms with E-state index in [2.05, 4.69) is 4.98 Å². The Kier molecular flexibility index (Phi) is 3.64. The standard InChI is InChI=1S/C15H19NO2/c1-15(2,3)18-10-14(17)12-6-4-8-13-11(12)7-5-9-16-13/h4-9,14,17H,10H2,1-3H3. The second-order valence-electron chi connectivity index (χ2n) is 5.36. The van der Waals surface area contributed by atoms with Gasteiger partial charge >= 0.3 is 0 Å². The molecule has 3 heteroatoms. The van der Waals surface area contributed by atoms with E-state index in [1.165, 1.54) is 0 Å². The molecule has 1 atom stereocenters. The van der Waals surface area contributed by atoms with E-state index in [4.69, 9.17) is 4.74 Å². The summed E-state index contributed by atoms with van der Waals surface area (Å²) < 4.78 is 5.62. The molecule has 2 rings (SSSR count). The fourth-order valence-corrected chi connectivity index (χ4v) is 1.84. The van der Waals surface area contributed by atoms with E-state index in [0.717, 1.165) is 16.5 Å². The first-order valence-corrected chi connectivity index (χ1v) is 6.13. The highest BCUT2D eigenvalue weighted by Gasteiger charge is 2.16. The van der Waals surface area contributed by atoms with Gasteiger partial charge in [-0.3, -0.25) is 4.98 Å². The molecule has 1 aromatic carbocycles. The van der Waals surface area contributed by atoms with E-state index < -0.39 is 6.10 Å². The third-order valence-electron chi connectivity index (χ3n) is 2.71. The number of hydrogen-bond acceptors (Lipinski definition) is 3. The number of nitrogens with zero attached hydrogens (tertiary/aromatic N) is 1. The van der Waals surface area contributed by atoms with Crippen molar-refractivity contribution in [1.82, 2.24) is 4.98 Å². The van der Waals surface area contributed by atoms with Crippen LogP contribution in [0.25, 0.3) is 10.9 Å². The lowest BCUT2D eigenvalue weighted by Crippen LogP contribution is -2.22. The van der Waals surface area contributed by atoms with Crippen LogP contribution in [-0.2, 0) is 4.74 Å². The Hall–Kier alpha value is -1.45. The molecule has 1 N–H and O–H groups in total. The van der Waals surface area contributed by atoms with Gasteiger partial charge in [0.05, 0.1) is 17.7 Å². The fourth-order valence-electron chi connectivity index (χ4n) is 1.84. The maximum atomic E-state index is 10.2. The second-order valence-corrected chi connectivity index (χ2v) is 5.36. The number of hydrogen-bond donors (Lipinski definition) is 1. The highest BCUT2D eigenvalue weighted by Crippen LogP contribution is 2.24. The zero-order valence-corrected chi connectivity index (χ0v) is 11.1. The summed E-state index contributed by atoms with van der Waals surface area (Å²) in [5.41, 5.74) is 1.51. The minimum atomic E-state index is -0.628. The zero-order chi connectivity index (χ0) is 13.2. The Labute approximate surface area is 107 Å². The van der Waals surface area contributed by atoms with Crippen LogP contribution in [0.2, 0.25) is 0 Å². The van der Waals surface area contributed by atoms with E-state index in [0.29, 0.717) is 0 Å². The van der Waals surface area contributed by atoms with Crippen molar-refractivity contribution in [1.29, 1.82) is 0 Å². The number of fused-ring (bicyclic) bond motifs is 1. The van der Waals surface area contributed by atoms with E-state index in [-0.39, 0.29) is 12.2 Å². The number of aromatic nitrogens is 1. The summed E-state index contributed by atoms with van der Waals surface area (Å²) in [6, 6.07) is 9.61. The molecule has 1 unspecified atom stereocenters. The van der Waals surface area contributed by atoms with Crippen LogP contribution >= 0.6 is 0 Å². The summed E-state index contributed by atoms with van der Waals surface area (Å²) in [7, 11) is 0. The fraction of sp³-hybridized carbons (Fsp3) is 0.400. The summed E-state index contributed by atoms with van der Waals surface area (Å²) in [5, 5.41) is 11.2. The Morgan fingerprint density at radius 1 is 1.22 bits per heavy atom. The normalized spacial score (nSPS) is 13.8. The summed E-state index contributed by atoms with van der Waals surface area (Å²) in [6.45, 7) is 6.22. The molecule has 96 valence electrons. The maximum absolute atomic E-state index is 10.2. The van der Waals surface area contributed by atoms with E-state index >= 15 is 0 Å². The van der Waals surface area contributed by atoms with Crippen LogP contribution in [0.15, 0.2) is 36.5 Å². The molecule has 0 aliphatic carbocycles. The molecule has 0 aliphatic rings. The molecule has 0 fully saturated rings. The second kappa shape index (κ2) is 5.04. The summed E-state index contributed by atoms with van der Waals surface area (Å²) >= 11 is 0. The topological polar surface area (TPSA) is 42.4 Å². The molecule has 0 aliphatic heterocycles. The van der Waals surface area contributed by atoms with Crippen molar-refractivity contribution < 1.29 is 9.84 Å². The molecule has 0 amide bonds. The lowest BCUT2D eigenvalue weighted by Gasteiger charge is -2.22. The monoisotopic (exact) mass is 245 g/mol. The molecular formula is C15H19NO2. The van der Waals surface area contributed by atoms with Gasteiger partial charge in [0.15, 0.2) is 0 Å². The van der Waals surface area contributed by atoms with Crippen molar-refractivity contribution in [3.8, 4) is 0 Å². The molecule has 3 nitrogen and oxygen atoms in total. The van der Waals surface area contributed by atoms with Gasteiger partial charge in [-0.05, 0) is 38.5 Å². The van der Waals surface area contributed by atoms with Crippen molar-refractivity contribution in [2.75, 3.05) is 6.61 Å². The number of rotatable bonds is 3. The molecule has 0 radical (unpaired) electrons. The molecule has 0 saturated heterocycles. The van der Waals surface area contributed by atoms with Crippen molar-refractivity contribution in [2.45, 2.75) is 32.5 Å². The van der Waals surface area contributed by atoms with Crippen LogP contribution in [0, 0.1) is 0 Å². The van der Waals surface area contributed by atoms with Gasteiger partial charge in [0.1, 0.15) is 6.10 Å². The molecule has 2 aromatic rings. The molecule has 1 aromatic heterocycles. The van der Waals surface area contributed by atoms with Gasteiger partial charge in [-0.2, -0.15) is 0 Å². The van der Waals surface area contributed by atoms with E-state index in [1.54, 1.807) is 6.20 Å². The van der Waals surface area contributed by atoms with Gasteiger partial charge in [-0.15, -0.1) is 0 Å². The molecule has 0 spiro atoms. The van der Waals surface area contributed by atoms with Crippen LogP contribution in [0.3, 0.4) is 0 Å². The highest BCUT2D eigenvalue weighted by atomic mass is 16.5. The number of aliphatic hydroxyl groups excluding tert-OH is 1. The Morgan fingerprint density at radius 2 is 2.00 bits per heavy atom. The minimum absolute atomic E-state index is 0.246. The zero-order valence-electron chi connectivity index (χ0n) is 11.1. The Bertz CT molecular complexity index is 526. The van der Waals surface area contributed by atoms with Crippen LogP contribution in [-0.4, -0.2) is 22.3 Å². The van der Waals surface area contributed by atoms with Gasteiger partial charge in [0.25, 0.3) is 0 Å². The number of pyridine rings is 1. The summed E-state index contributed by atoms with van der Waals surface area (Å²) in [4.78, 5) is 4.28. The van der Waals surface area contributed by atoms with Crippen molar-refractivity contribution in [3.05, 3.63) is 42.1 Å². The van der Waals surface area contributed by atoms with Gasteiger partial charge in [0, 0.05) is 11.6 Å². The third kappa shape index (κ3) is 3.06. The van der Waals surface area contributed by atoms with Gasteiger partial charge in [-0.1, -0.05) is 18.2 Å². The van der Waals surface area contributed by atoms with Gasteiger partial charge < -0.3 is 9.84 Å². The predicted molar refractivity (Wildman–Crippen MR) is 72.4 cm³/mol. The predicted octanol–water partition coefficient (Wildman–Crippen LogP) is 3.08. The summed E-state index contributed by atoms with van der Waals surface area (Å²) in [5.74, 6) is 0. The number of aliphatic hydroxyl groups is 1. The average molecular weight is 245 g/mol. The van der Waals surface area contributed by atoms with Gasteiger partial charge in [-0.25, -0.2) is 0 Å². The molecular weight excluding hydrogens is 226 g/mol. The quantitative estimate of drug-likeness (QED) is 0.903. The summed E-state index contributed by atoms with van der Waals surface area (Å²) in [6.07, 6.45) is 1.13. The van der Waals surface area contributed by atoms with Crippen molar-refractivity contribution in [3.63, 3.8) is 0 Å². The van der Waals surface area contributed by atoms with Crippen LogP contribution in [0.5, 0.6) is 0 Å². The van der Waals surface area contributed by atoms with E-state index in [9.17, 15) is 5.11 Å². The van der Waals surface area contributed by atoms with Crippen LogP contribution in [0.4, 0.5) is 0 Å². The molecule has 0 saturated carbocycles. The largest absolute Gasteiger partial charge is 0.386 e. The SMILES string of the molecule is CC(C)(C)OCC(O)c1cccc2ncccc12. The third-order valence-corrected chi connectivity index (χ3v) is 2.71. The first-order valence-electron chi connectivity index (χ1n) is 6.13. The van der Waals surface area contributed by atoms with Crippen molar-refractivity contribution >= 4 is 10.9 Å². The molecule has 0 bridgehead atoms. The van der Waals surface area contributed by atoms with Crippen LogP contribution < -0.4 is 0 Å². The van der Waals surface area contributed by atoms with Crippen molar-refractivity contribution in [2.24, 2.45) is 0 Å². The Morgan fingerprint density at radius 3 is 2.72 bits per heavy atom. The lowest BCUT2D eigenvalue weighted by molar-refractivity contribution is -0.0492. The average Bonchev–Trinajstić information content (AvgIpc) is 2.34.